The average Bonchev–Trinajstić information content (AvgIpc) is 3.04. The molecule has 5 heteroatoms. The first-order valence-corrected chi connectivity index (χ1v) is 7.05. The number of para-hydroxylation sites is 1. The lowest BCUT2D eigenvalue weighted by Crippen LogP contribution is -2.18. The number of carboxylic acids is 1. The van der Waals surface area contributed by atoms with Crippen LogP contribution in [-0.2, 0) is 9.53 Å². The number of nitrogens with zero attached hydrogens (tertiary/aromatic N) is 2. The van der Waals surface area contributed by atoms with Crippen molar-refractivity contribution < 1.29 is 14.6 Å². The van der Waals surface area contributed by atoms with E-state index < -0.39 is 18.0 Å². The normalized spacial score (nSPS) is 21.6. The van der Waals surface area contributed by atoms with E-state index in [1.54, 1.807) is 0 Å². The van der Waals surface area contributed by atoms with E-state index >= 15 is 0 Å². The van der Waals surface area contributed by atoms with Crippen molar-refractivity contribution in [1.82, 2.24) is 9.78 Å². The fraction of sp³-hybridized carbons (Fsp3) is 0.375. The highest BCUT2D eigenvalue weighted by Gasteiger charge is 2.38. The van der Waals surface area contributed by atoms with Crippen LogP contribution in [0.1, 0.15) is 29.5 Å². The van der Waals surface area contributed by atoms with Crippen LogP contribution in [0.15, 0.2) is 30.3 Å². The van der Waals surface area contributed by atoms with Gasteiger partial charge in [0.1, 0.15) is 0 Å². The maximum absolute atomic E-state index is 11.4. The van der Waals surface area contributed by atoms with Gasteiger partial charge in [-0.15, -0.1) is 0 Å². The molecule has 0 amide bonds. The molecule has 1 aliphatic heterocycles. The largest absolute Gasteiger partial charge is 0.481 e. The summed E-state index contributed by atoms with van der Waals surface area (Å²) in [6, 6.07) is 9.83. The molecule has 1 aliphatic rings. The molecule has 21 heavy (non-hydrogen) atoms. The van der Waals surface area contributed by atoms with Gasteiger partial charge >= 0.3 is 5.97 Å². The van der Waals surface area contributed by atoms with Crippen molar-refractivity contribution >= 4 is 5.97 Å². The third kappa shape index (κ3) is 2.34. The Labute approximate surface area is 123 Å². The number of ether oxygens (including phenoxy) is 1. The maximum atomic E-state index is 11.4. The first-order valence-electron chi connectivity index (χ1n) is 7.05. The molecule has 0 aliphatic carbocycles. The summed E-state index contributed by atoms with van der Waals surface area (Å²) >= 11 is 0. The molecule has 1 fully saturated rings. The Morgan fingerprint density at radius 1 is 1.33 bits per heavy atom. The number of aliphatic carboxylic acids is 1. The van der Waals surface area contributed by atoms with E-state index in [9.17, 15) is 9.90 Å². The number of carbonyl (C=O) groups is 1. The van der Waals surface area contributed by atoms with Crippen LogP contribution >= 0.6 is 0 Å². The highest BCUT2D eigenvalue weighted by atomic mass is 16.5. The van der Waals surface area contributed by atoms with Crippen molar-refractivity contribution in [2.24, 2.45) is 5.92 Å². The zero-order valence-electron chi connectivity index (χ0n) is 12.1. The van der Waals surface area contributed by atoms with Gasteiger partial charge in [-0.3, -0.25) is 4.79 Å². The van der Waals surface area contributed by atoms with E-state index in [-0.39, 0.29) is 0 Å². The van der Waals surface area contributed by atoms with Gasteiger partial charge in [0.05, 0.1) is 23.4 Å². The Hall–Kier alpha value is -2.14. The number of hydrogen-bond acceptors (Lipinski definition) is 3. The summed E-state index contributed by atoms with van der Waals surface area (Å²) in [5, 5.41) is 13.9. The predicted octanol–water partition coefficient (Wildman–Crippen LogP) is 2.65. The molecule has 2 aromatic rings. The first kappa shape index (κ1) is 13.8. The summed E-state index contributed by atoms with van der Waals surface area (Å²) in [7, 11) is 0. The molecule has 3 rings (SSSR count). The van der Waals surface area contributed by atoms with Crippen LogP contribution in [0.25, 0.3) is 5.69 Å². The highest BCUT2D eigenvalue weighted by molar-refractivity contribution is 5.71. The van der Waals surface area contributed by atoms with Gasteiger partial charge in [0.25, 0.3) is 0 Å². The summed E-state index contributed by atoms with van der Waals surface area (Å²) in [5.41, 5.74) is 3.64. The summed E-state index contributed by atoms with van der Waals surface area (Å²) < 4.78 is 7.54. The van der Waals surface area contributed by atoms with Crippen molar-refractivity contribution in [3.05, 3.63) is 47.3 Å². The molecule has 1 saturated heterocycles. The number of aromatic nitrogens is 2. The van der Waals surface area contributed by atoms with Crippen LogP contribution in [-0.4, -0.2) is 27.5 Å². The molecular formula is C16H18N2O3. The molecule has 0 spiro atoms. The third-order valence-electron chi connectivity index (χ3n) is 4.04. The smallest absolute Gasteiger partial charge is 0.309 e. The zero-order chi connectivity index (χ0) is 15.0. The summed E-state index contributed by atoms with van der Waals surface area (Å²) in [5.74, 6) is -1.29. The summed E-state index contributed by atoms with van der Waals surface area (Å²) in [6.07, 6.45) is 0.148. The SMILES string of the molecule is Cc1nn(-c2ccccc2)c(C)c1C1OCCC1C(=O)O. The van der Waals surface area contributed by atoms with Crippen LogP contribution < -0.4 is 0 Å². The number of carboxylic acid groups (broad SMARTS) is 1. The Balaban J connectivity index is 2.05. The van der Waals surface area contributed by atoms with Gasteiger partial charge < -0.3 is 9.84 Å². The molecule has 1 aromatic heterocycles. The maximum Gasteiger partial charge on any atom is 0.309 e. The molecule has 2 atom stereocenters. The molecule has 1 N–H and O–H groups in total. The number of hydrogen-bond donors (Lipinski definition) is 1. The predicted molar refractivity (Wildman–Crippen MR) is 77.5 cm³/mol. The minimum absolute atomic E-state index is 0.403. The quantitative estimate of drug-likeness (QED) is 0.942. The Kier molecular flexibility index (Phi) is 3.51. The van der Waals surface area contributed by atoms with Crippen molar-refractivity contribution in [3.8, 4) is 5.69 Å². The van der Waals surface area contributed by atoms with Crippen molar-refractivity contribution in [2.75, 3.05) is 6.61 Å². The van der Waals surface area contributed by atoms with Crippen molar-refractivity contribution in [3.63, 3.8) is 0 Å². The van der Waals surface area contributed by atoms with E-state index in [0.29, 0.717) is 13.0 Å². The molecule has 1 aromatic carbocycles. The molecule has 0 bridgehead atoms. The lowest BCUT2D eigenvalue weighted by molar-refractivity contribution is -0.143. The monoisotopic (exact) mass is 286 g/mol. The second-order valence-corrected chi connectivity index (χ2v) is 5.36. The Morgan fingerprint density at radius 3 is 2.71 bits per heavy atom. The van der Waals surface area contributed by atoms with Gasteiger partial charge in [-0.25, -0.2) is 4.68 Å². The average molecular weight is 286 g/mol. The number of aryl methyl sites for hydroxylation is 1. The molecule has 2 unspecified atom stereocenters. The first-order chi connectivity index (χ1) is 10.1. The van der Waals surface area contributed by atoms with Crippen LogP contribution in [0.3, 0.4) is 0 Å². The second kappa shape index (κ2) is 5.33. The minimum Gasteiger partial charge on any atom is -0.481 e. The van der Waals surface area contributed by atoms with Crippen LogP contribution in [0.2, 0.25) is 0 Å². The number of benzene rings is 1. The Bertz CT molecular complexity index is 664. The fourth-order valence-electron chi connectivity index (χ4n) is 3.01. The summed E-state index contributed by atoms with van der Waals surface area (Å²) in [6.45, 7) is 4.35. The zero-order valence-corrected chi connectivity index (χ0v) is 12.1. The molecule has 0 radical (unpaired) electrons. The lowest BCUT2D eigenvalue weighted by Gasteiger charge is -2.16. The van der Waals surface area contributed by atoms with E-state index in [1.807, 2.05) is 48.9 Å². The van der Waals surface area contributed by atoms with Gasteiger partial charge in [0.15, 0.2) is 0 Å². The molecule has 0 saturated carbocycles. The van der Waals surface area contributed by atoms with E-state index in [2.05, 4.69) is 5.10 Å². The van der Waals surface area contributed by atoms with Gasteiger partial charge in [-0.1, -0.05) is 18.2 Å². The van der Waals surface area contributed by atoms with E-state index in [1.165, 1.54) is 0 Å². The Morgan fingerprint density at radius 2 is 2.05 bits per heavy atom. The van der Waals surface area contributed by atoms with E-state index in [4.69, 9.17) is 4.74 Å². The topological polar surface area (TPSA) is 64.4 Å². The van der Waals surface area contributed by atoms with Gasteiger partial charge in [0.2, 0.25) is 0 Å². The number of rotatable bonds is 3. The lowest BCUT2D eigenvalue weighted by atomic mass is 9.94. The fourth-order valence-corrected chi connectivity index (χ4v) is 3.01. The van der Waals surface area contributed by atoms with E-state index in [0.717, 1.165) is 22.6 Å². The standard InChI is InChI=1S/C16H18N2O3/c1-10-14(15-13(16(19)20)8-9-21-15)11(2)18(17-10)12-6-4-3-5-7-12/h3-7,13,15H,8-9H2,1-2H3,(H,19,20). The summed E-state index contributed by atoms with van der Waals surface area (Å²) in [4.78, 5) is 11.4. The third-order valence-corrected chi connectivity index (χ3v) is 4.04. The van der Waals surface area contributed by atoms with Gasteiger partial charge in [-0.05, 0) is 32.4 Å². The van der Waals surface area contributed by atoms with Crippen LogP contribution in [0.5, 0.6) is 0 Å². The van der Waals surface area contributed by atoms with Crippen LogP contribution in [0.4, 0.5) is 0 Å². The van der Waals surface area contributed by atoms with Crippen molar-refractivity contribution in [1.29, 1.82) is 0 Å². The molecule has 2 heterocycles. The molecule has 110 valence electrons. The minimum atomic E-state index is -0.802. The van der Waals surface area contributed by atoms with Gasteiger partial charge in [-0.2, -0.15) is 5.10 Å². The molecule has 5 nitrogen and oxygen atoms in total. The second-order valence-electron chi connectivity index (χ2n) is 5.36. The van der Waals surface area contributed by atoms with Crippen LogP contribution in [0, 0.1) is 19.8 Å². The highest BCUT2D eigenvalue weighted by Crippen LogP contribution is 2.38. The molecular weight excluding hydrogens is 268 g/mol. The van der Waals surface area contributed by atoms with Crippen molar-refractivity contribution in [2.45, 2.75) is 26.4 Å². The van der Waals surface area contributed by atoms with Gasteiger partial charge in [0, 0.05) is 17.9 Å².